The van der Waals surface area contributed by atoms with E-state index in [2.05, 4.69) is 22.1 Å². The molecule has 0 spiro atoms. The van der Waals surface area contributed by atoms with E-state index in [1.807, 2.05) is 12.1 Å². The number of fused-ring (bicyclic) bond motifs is 1. The number of amides is 1. The van der Waals surface area contributed by atoms with Gasteiger partial charge < -0.3 is 10.6 Å². The lowest BCUT2D eigenvalue weighted by Crippen LogP contribution is -2.34. The second-order valence-electron chi connectivity index (χ2n) is 6.29. The van der Waals surface area contributed by atoms with E-state index in [0.717, 1.165) is 35.3 Å². The quantitative estimate of drug-likeness (QED) is 0.658. The summed E-state index contributed by atoms with van der Waals surface area (Å²) in [7, 11) is 0. The van der Waals surface area contributed by atoms with E-state index in [4.69, 9.17) is 28.9 Å². The zero-order valence-corrected chi connectivity index (χ0v) is 14.4. The van der Waals surface area contributed by atoms with Gasteiger partial charge in [0, 0.05) is 17.8 Å². The fraction of sp³-hybridized carbons (Fsp3) is 0.353. The summed E-state index contributed by atoms with van der Waals surface area (Å²) >= 11 is 12.1. The van der Waals surface area contributed by atoms with Crippen LogP contribution in [0.15, 0.2) is 24.3 Å². The van der Waals surface area contributed by atoms with Crippen LogP contribution in [0, 0.1) is 0 Å². The topological polar surface area (TPSA) is 72.1 Å². The van der Waals surface area contributed by atoms with E-state index in [1.165, 1.54) is 0 Å². The maximum atomic E-state index is 12.1. The molecule has 1 saturated heterocycles. The molecule has 4 rings (SSSR count). The zero-order chi connectivity index (χ0) is 16.8. The van der Waals surface area contributed by atoms with Gasteiger partial charge in [-0.1, -0.05) is 23.7 Å². The number of benzene rings is 1. The number of anilines is 1. The van der Waals surface area contributed by atoms with Crippen LogP contribution in [0.3, 0.4) is 0 Å². The largest absolute Gasteiger partial charge is 0.320 e. The Morgan fingerprint density at radius 1 is 1.21 bits per heavy atom. The first-order valence-electron chi connectivity index (χ1n) is 7.90. The minimum Gasteiger partial charge on any atom is -0.320 e. The van der Waals surface area contributed by atoms with Crippen molar-refractivity contribution in [3.63, 3.8) is 0 Å². The van der Waals surface area contributed by atoms with E-state index in [1.54, 1.807) is 4.90 Å². The zero-order valence-electron chi connectivity index (χ0n) is 12.9. The molecule has 2 N–H and O–H groups in total. The Labute approximate surface area is 149 Å². The van der Waals surface area contributed by atoms with Crippen molar-refractivity contribution < 1.29 is 4.79 Å². The van der Waals surface area contributed by atoms with Gasteiger partial charge >= 0.3 is 0 Å². The van der Waals surface area contributed by atoms with E-state index in [9.17, 15) is 4.79 Å². The van der Waals surface area contributed by atoms with Crippen molar-refractivity contribution >= 4 is 34.8 Å². The third kappa shape index (κ3) is 2.66. The number of hydrogen-bond donors (Lipinski definition) is 1. The molecule has 2 atom stereocenters. The van der Waals surface area contributed by atoms with Crippen molar-refractivity contribution in [1.29, 1.82) is 0 Å². The Hall–Kier alpha value is -1.69. The van der Waals surface area contributed by atoms with Crippen LogP contribution >= 0.6 is 23.2 Å². The van der Waals surface area contributed by atoms with Crippen LogP contribution in [-0.2, 0) is 17.6 Å². The Morgan fingerprint density at radius 3 is 2.79 bits per heavy atom. The molecule has 1 amide bonds. The van der Waals surface area contributed by atoms with Gasteiger partial charge in [-0.15, -0.1) is 0 Å². The van der Waals surface area contributed by atoms with Gasteiger partial charge in [-0.3, -0.25) is 4.79 Å². The predicted octanol–water partition coefficient (Wildman–Crippen LogP) is 2.73. The first-order valence-corrected chi connectivity index (χ1v) is 8.66. The first-order chi connectivity index (χ1) is 11.5. The summed E-state index contributed by atoms with van der Waals surface area (Å²) in [5.74, 6) is 0.249. The Morgan fingerprint density at radius 2 is 2.04 bits per heavy atom. The van der Waals surface area contributed by atoms with Crippen molar-refractivity contribution in [1.82, 2.24) is 9.97 Å². The molecule has 0 bridgehead atoms. The molecule has 1 aromatic carbocycles. The summed E-state index contributed by atoms with van der Waals surface area (Å²) in [6.45, 7) is 0.668. The van der Waals surface area contributed by atoms with E-state index in [-0.39, 0.29) is 23.2 Å². The average Bonchev–Trinajstić information content (AvgIpc) is 3.12. The molecule has 1 unspecified atom stereocenters. The fourth-order valence-corrected chi connectivity index (χ4v) is 4.03. The van der Waals surface area contributed by atoms with Crippen LogP contribution in [0.1, 0.15) is 29.2 Å². The number of halogens is 2. The Balaban J connectivity index is 1.62. The van der Waals surface area contributed by atoms with Crippen molar-refractivity contribution in [3.8, 4) is 0 Å². The predicted molar refractivity (Wildman–Crippen MR) is 93.6 cm³/mol. The van der Waals surface area contributed by atoms with E-state index in [0.29, 0.717) is 18.1 Å². The molecule has 1 aliphatic carbocycles. The summed E-state index contributed by atoms with van der Waals surface area (Å²) in [5, 5.41) is 0.620. The lowest BCUT2D eigenvalue weighted by atomic mass is 9.96. The Kier molecular flexibility index (Phi) is 3.95. The molecule has 7 heteroatoms. The SMILES string of the molecule is N[C@@H]1CCN(c2cccc(C3Cc4nc(Cl)nc(Cl)c4C3)c2)C1=O. The maximum Gasteiger partial charge on any atom is 0.243 e. The highest BCUT2D eigenvalue weighted by atomic mass is 35.5. The van der Waals surface area contributed by atoms with Gasteiger partial charge in [0.2, 0.25) is 11.2 Å². The molecule has 1 fully saturated rings. The number of aromatic nitrogens is 2. The van der Waals surface area contributed by atoms with Gasteiger partial charge in [-0.2, -0.15) is 0 Å². The molecule has 0 radical (unpaired) electrons. The minimum atomic E-state index is -0.388. The smallest absolute Gasteiger partial charge is 0.243 e. The second-order valence-corrected chi connectivity index (χ2v) is 6.99. The molecule has 2 heterocycles. The normalized spacial score (nSPS) is 23.0. The minimum absolute atomic E-state index is 0.0115. The highest BCUT2D eigenvalue weighted by molar-refractivity contribution is 6.32. The standard InChI is InChI=1S/C17H16Cl2N4O/c18-15-12-7-10(8-14(12)21-17(19)22-15)9-2-1-3-11(6-9)23-5-4-13(20)16(23)24/h1-3,6,10,13H,4-5,7-8,20H2/t10?,13-/m1/s1. The molecule has 2 aromatic rings. The van der Waals surface area contributed by atoms with E-state index >= 15 is 0 Å². The maximum absolute atomic E-state index is 12.1. The van der Waals surface area contributed by atoms with Crippen LogP contribution in [0.4, 0.5) is 5.69 Å². The number of nitrogens with two attached hydrogens (primary N) is 1. The molecule has 2 aliphatic rings. The summed E-state index contributed by atoms with van der Waals surface area (Å²) < 4.78 is 0. The van der Waals surface area contributed by atoms with Gasteiger partial charge in [-0.05, 0) is 54.5 Å². The highest BCUT2D eigenvalue weighted by Crippen LogP contribution is 2.37. The van der Waals surface area contributed by atoms with Crippen molar-refractivity contribution in [2.24, 2.45) is 5.73 Å². The average molecular weight is 363 g/mol. The third-order valence-corrected chi connectivity index (χ3v) is 5.29. The molecule has 24 heavy (non-hydrogen) atoms. The van der Waals surface area contributed by atoms with E-state index < -0.39 is 0 Å². The van der Waals surface area contributed by atoms with Gasteiger partial charge in [0.15, 0.2) is 0 Å². The van der Waals surface area contributed by atoms with Crippen molar-refractivity contribution in [2.45, 2.75) is 31.2 Å². The summed E-state index contributed by atoms with van der Waals surface area (Å²) in [4.78, 5) is 22.2. The molecule has 0 saturated carbocycles. The molecule has 5 nitrogen and oxygen atoms in total. The molecule has 1 aliphatic heterocycles. The monoisotopic (exact) mass is 362 g/mol. The van der Waals surface area contributed by atoms with Gasteiger partial charge in [-0.25, -0.2) is 9.97 Å². The van der Waals surface area contributed by atoms with Gasteiger partial charge in [0.1, 0.15) is 5.15 Å². The number of carbonyl (C=O) groups excluding carboxylic acids is 1. The lowest BCUT2D eigenvalue weighted by molar-refractivity contribution is -0.118. The van der Waals surface area contributed by atoms with Crippen LogP contribution in [0.5, 0.6) is 0 Å². The summed E-state index contributed by atoms with van der Waals surface area (Å²) in [6, 6.07) is 7.68. The fourth-order valence-electron chi connectivity index (χ4n) is 3.53. The van der Waals surface area contributed by atoms with Crippen LogP contribution in [0.2, 0.25) is 10.4 Å². The van der Waals surface area contributed by atoms with Gasteiger partial charge in [0.25, 0.3) is 0 Å². The first kappa shape index (κ1) is 15.8. The number of hydrogen-bond acceptors (Lipinski definition) is 4. The van der Waals surface area contributed by atoms with Gasteiger partial charge in [0.05, 0.1) is 11.7 Å². The summed E-state index contributed by atoms with van der Waals surface area (Å²) in [5.41, 5.74) is 9.76. The lowest BCUT2D eigenvalue weighted by Gasteiger charge is -2.18. The molecule has 1 aromatic heterocycles. The molecular weight excluding hydrogens is 347 g/mol. The molecular formula is C17H16Cl2N4O. The van der Waals surface area contributed by atoms with Crippen molar-refractivity contribution in [3.05, 3.63) is 51.5 Å². The molecule has 124 valence electrons. The van der Waals surface area contributed by atoms with Crippen LogP contribution in [0.25, 0.3) is 0 Å². The number of nitrogens with zero attached hydrogens (tertiary/aromatic N) is 3. The second kappa shape index (κ2) is 5.99. The summed E-state index contributed by atoms with van der Waals surface area (Å²) in [6.07, 6.45) is 2.25. The van der Waals surface area contributed by atoms with Crippen LogP contribution in [-0.4, -0.2) is 28.5 Å². The third-order valence-electron chi connectivity index (χ3n) is 4.81. The van der Waals surface area contributed by atoms with Crippen molar-refractivity contribution in [2.75, 3.05) is 11.4 Å². The highest BCUT2D eigenvalue weighted by Gasteiger charge is 2.31. The van der Waals surface area contributed by atoms with Crippen LogP contribution < -0.4 is 10.6 Å². The number of rotatable bonds is 2. The Bertz CT molecular complexity index is 826. The number of carbonyl (C=O) groups is 1.